The number of hydrogen-bond donors (Lipinski definition) is 0. The molecule has 1 atom stereocenters. The number of carbonyl (C=O) groups is 1. The van der Waals surface area contributed by atoms with Crippen molar-refractivity contribution in [3.63, 3.8) is 0 Å². The molecule has 0 radical (unpaired) electrons. The zero-order valence-corrected chi connectivity index (χ0v) is 11.4. The minimum Gasteiger partial charge on any atom is -0.377 e. The van der Waals surface area contributed by atoms with Crippen molar-refractivity contribution in [1.82, 2.24) is 4.90 Å². The van der Waals surface area contributed by atoms with E-state index in [1.807, 2.05) is 6.92 Å². The first-order valence-electron chi connectivity index (χ1n) is 7.12. The molecule has 1 unspecified atom stereocenters. The highest BCUT2D eigenvalue weighted by atomic mass is 16.5. The molecule has 1 rings (SSSR count). The Bertz CT molecular complexity index is 218. The molecule has 100 valence electrons. The van der Waals surface area contributed by atoms with Crippen molar-refractivity contribution < 1.29 is 9.53 Å². The number of ketones is 1. The normalized spacial score (nSPS) is 21.6. The Morgan fingerprint density at radius 3 is 2.94 bits per heavy atom. The topological polar surface area (TPSA) is 29.5 Å². The van der Waals surface area contributed by atoms with Crippen molar-refractivity contribution in [2.24, 2.45) is 0 Å². The van der Waals surface area contributed by atoms with Gasteiger partial charge in [-0.05, 0) is 38.8 Å². The van der Waals surface area contributed by atoms with E-state index < -0.39 is 0 Å². The van der Waals surface area contributed by atoms with Crippen molar-refractivity contribution in [2.45, 2.75) is 58.5 Å². The van der Waals surface area contributed by atoms with Crippen LogP contribution < -0.4 is 0 Å². The zero-order valence-electron chi connectivity index (χ0n) is 11.4. The quantitative estimate of drug-likeness (QED) is 0.654. The van der Waals surface area contributed by atoms with E-state index in [1.54, 1.807) is 0 Å². The Morgan fingerprint density at radius 2 is 2.24 bits per heavy atom. The van der Waals surface area contributed by atoms with Crippen molar-refractivity contribution in [1.29, 1.82) is 0 Å². The SMILES string of the molecule is CCCOC1CCCN(CCCC(=O)CC)C1. The molecule has 0 aliphatic carbocycles. The molecule has 1 aliphatic heterocycles. The van der Waals surface area contributed by atoms with Crippen LogP contribution in [0.1, 0.15) is 52.4 Å². The van der Waals surface area contributed by atoms with Gasteiger partial charge in [0.2, 0.25) is 0 Å². The van der Waals surface area contributed by atoms with Crippen LogP contribution in [0.2, 0.25) is 0 Å². The van der Waals surface area contributed by atoms with E-state index in [9.17, 15) is 4.79 Å². The molecule has 0 aromatic carbocycles. The lowest BCUT2D eigenvalue weighted by molar-refractivity contribution is -0.118. The van der Waals surface area contributed by atoms with Gasteiger partial charge >= 0.3 is 0 Å². The molecule has 0 N–H and O–H groups in total. The first-order valence-corrected chi connectivity index (χ1v) is 7.12. The fourth-order valence-electron chi connectivity index (χ4n) is 2.31. The lowest BCUT2D eigenvalue weighted by Crippen LogP contribution is -2.40. The third kappa shape index (κ3) is 6.18. The highest BCUT2D eigenvalue weighted by Gasteiger charge is 2.19. The van der Waals surface area contributed by atoms with E-state index in [0.717, 1.165) is 39.0 Å². The van der Waals surface area contributed by atoms with Crippen molar-refractivity contribution >= 4 is 5.78 Å². The number of hydrogen-bond acceptors (Lipinski definition) is 3. The van der Waals surface area contributed by atoms with Crippen LogP contribution >= 0.6 is 0 Å². The summed E-state index contributed by atoms with van der Waals surface area (Å²) in [5.74, 6) is 0.390. The molecule has 17 heavy (non-hydrogen) atoms. The molecule has 0 saturated carbocycles. The smallest absolute Gasteiger partial charge is 0.132 e. The Morgan fingerprint density at radius 1 is 1.41 bits per heavy atom. The average molecular weight is 241 g/mol. The third-order valence-corrected chi connectivity index (χ3v) is 3.34. The molecule has 1 heterocycles. The van der Waals surface area contributed by atoms with Crippen LogP contribution in [0.4, 0.5) is 0 Å². The maximum absolute atomic E-state index is 11.2. The van der Waals surface area contributed by atoms with Gasteiger partial charge in [0.1, 0.15) is 5.78 Å². The minimum absolute atomic E-state index is 0.390. The second kappa shape index (κ2) is 8.65. The average Bonchev–Trinajstić information content (AvgIpc) is 2.36. The van der Waals surface area contributed by atoms with Crippen LogP contribution in [0.3, 0.4) is 0 Å². The predicted molar refractivity (Wildman–Crippen MR) is 70.2 cm³/mol. The van der Waals surface area contributed by atoms with Crippen molar-refractivity contribution in [3.8, 4) is 0 Å². The molecule has 0 bridgehead atoms. The zero-order chi connectivity index (χ0) is 12.5. The summed E-state index contributed by atoms with van der Waals surface area (Å²) in [5, 5.41) is 0. The van der Waals surface area contributed by atoms with Gasteiger partial charge in [0, 0.05) is 26.0 Å². The third-order valence-electron chi connectivity index (χ3n) is 3.34. The van der Waals surface area contributed by atoms with Gasteiger partial charge in [-0.1, -0.05) is 13.8 Å². The van der Waals surface area contributed by atoms with Crippen LogP contribution in [0.25, 0.3) is 0 Å². The summed E-state index contributed by atoms with van der Waals surface area (Å²) in [4.78, 5) is 13.7. The summed E-state index contributed by atoms with van der Waals surface area (Å²) in [6, 6.07) is 0. The number of Topliss-reactive ketones (excluding diaryl/α,β-unsaturated/α-hetero) is 1. The monoisotopic (exact) mass is 241 g/mol. The van der Waals surface area contributed by atoms with Crippen molar-refractivity contribution in [3.05, 3.63) is 0 Å². The maximum Gasteiger partial charge on any atom is 0.132 e. The maximum atomic E-state index is 11.2. The Balaban J connectivity index is 2.13. The van der Waals surface area contributed by atoms with Gasteiger partial charge in [0.05, 0.1) is 6.10 Å². The minimum atomic E-state index is 0.390. The molecule has 0 spiro atoms. The van der Waals surface area contributed by atoms with Crippen LogP contribution in [-0.2, 0) is 9.53 Å². The molecule has 3 heteroatoms. The Hall–Kier alpha value is -0.410. The lowest BCUT2D eigenvalue weighted by Gasteiger charge is -2.32. The number of likely N-dealkylation sites (tertiary alicyclic amines) is 1. The number of piperidine rings is 1. The summed E-state index contributed by atoms with van der Waals surface area (Å²) in [7, 11) is 0. The summed E-state index contributed by atoms with van der Waals surface area (Å²) >= 11 is 0. The molecular formula is C14H27NO2. The number of ether oxygens (including phenoxy) is 1. The molecular weight excluding hydrogens is 214 g/mol. The first kappa shape index (κ1) is 14.7. The fourth-order valence-corrected chi connectivity index (χ4v) is 2.31. The summed E-state index contributed by atoms with van der Waals surface area (Å²) in [5.41, 5.74) is 0. The number of nitrogens with zero attached hydrogens (tertiary/aromatic N) is 1. The van der Waals surface area contributed by atoms with E-state index in [-0.39, 0.29) is 0 Å². The van der Waals surface area contributed by atoms with Gasteiger partial charge in [-0.3, -0.25) is 4.79 Å². The Labute approximate surface area is 106 Å². The van der Waals surface area contributed by atoms with Crippen molar-refractivity contribution in [2.75, 3.05) is 26.2 Å². The molecule has 0 amide bonds. The van der Waals surface area contributed by atoms with E-state index in [1.165, 1.54) is 19.4 Å². The standard InChI is InChI=1S/C14H27NO2/c1-3-11-17-14-8-6-10-15(12-14)9-5-7-13(16)4-2/h14H,3-12H2,1-2H3. The summed E-state index contributed by atoms with van der Waals surface area (Å²) < 4.78 is 5.80. The van der Waals surface area contributed by atoms with Gasteiger partial charge in [-0.2, -0.15) is 0 Å². The van der Waals surface area contributed by atoms with Gasteiger partial charge in [-0.15, -0.1) is 0 Å². The van der Waals surface area contributed by atoms with Gasteiger partial charge in [0.25, 0.3) is 0 Å². The van der Waals surface area contributed by atoms with E-state index in [4.69, 9.17) is 4.74 Å². The van der Waals surface area contributed by atoms with E-state index in [0.29, 0.717) is 18.3 Å². The lowest BCUT2D eigenvalue weighted by atomic mass is 10.1. The first-order chi connectivity index (χ1) is 8.26. The highest BCUT2D eigenvalue weighted by molar-refractivity contribution is 5.77. The van der Waals surface area contributed by atoms with Crippen LogP contribution in [0, 0.1) is 0 Å². The van der Waals surface area contributed by atoms with Crippen LogP contribution in [0.5, 0.6) is 0 Å². The summed E-state index contributed by atoms with van der Waals surface area (Å²) in [6.45, 7) is 8.26. The summed E-state index contributed by atoms with van der Waals surface area (Å²) in [6.07, 6.45) is 6.39. The van der Waals surface area contributed by atoms with Crippen LogP contribution in [0.15, 0.2) is 0 Å². The van der Waals surface area contributed by atoms with E-state index >= 15 is 0 Å². The molecule has 0 aromatic rings. The van der Waals surface area contributed by atoms with Gasteiger partial charge < -0.3 is 9.64 Å². The molecule has 0 aromatic heterocycles. The molecule has 1 fully saturated rings. The van der Waals surface area contributed by atoms with E-state index in [2.05, 4.69) is 11.8 Å². The molecule has 1 saturated heterocycles. The number of carbonyl (C=O) groups excluding carboxylic acids is 1. The number of rotatable bonds is 8. The predicted octanol–water partition coefficient (Wildman–Crippen LogP) is 2.64. The largest absolute Gasteiger partial charge is 0.377 e. The van der Waals surface area contributed by atoms with Gasteiger partial charge in [0.15, 0.2) is 0 Å². The highest BCUT2D eigenvalue weighted by Crippen LogP contribution is 2.14. The molecule has 3 nitrogen and oxygen atoms in total. The Kier molecular flexibility index (Phi) is 7.45. The van der Waals surface area contributed by atoms with Gasteiger partial charge in [-0.25, -0.2) is 0 Å². The molecule has 1 aliphatic rings. The fraction of sp³-hybridized carbons (Fsp3) is 0.929. The van der Waals surface area contributed by atoms with Crippen LogP contribution in [-0.4, -0.2) is 43.0 Å². The second-order valence-corrected chi connectivity index (χ2v) is 4.93. The second-order valence-electron chi connectivity index (χ2n) is 4.93.